The van der Waals surface area contributed by atoms with Crippen LogP contribution in [0, 0.1) is 0 Å². The Labute approximate surface area is 195 Å². The molecule has 0 radical (unpaired) electrons. The predicted octanol–water partition coefficient (Wildman–Crippen LogP) is 4.32. The van der Waals surface area contributed by atoms with Crippen molar-refractivity contribution in [2.24, 2.45) is 10.2 Å². The summed E-state index contributed by atoms with van der Waals surface area (Å²) in [5.41, 5.74) is 8.16. The number of carboxylic acid groups (broad SMARTS) is 1. The fourth-order valence-corrected chi connectivity index (χ4v) is 4.30. The standard InChI is InChI=1S/C26H32N4O3/c31-26(32)19-30-14-11-21(12-15-30)16-24-17-25(29-33-24)23-8-6-22(7-9-23)18-28-27-13-10-20-4-2-1-3-5-20/h1-9,16,24-25,29H,10-15,17-19H2,(H,31,32). The number of nitrogens with one attached hydrogen (secondary N) is 1. The minimum absolute atomic E-state index is 0.0501. The first-order valence-electron chi connectivity index (χ1n) is 11.7. The Hall–Kier alpha value is -2.87. The third-order valence-corrected chi connectivity index (χ3v) is 6.19. The predicted molar refractivity (Wildman–Crippen MR) is 127 cm³/mol. The Bertz CT molecular complexity index is 949. The van der Waals surface area contributed by atoms with E-state index in [1.54, 1.807) is 0 Å². The van der Waals surface area contributed by atoms with Crippen LogP contribution in [0.15, 0.2) is 76.5 Å². The molecule has 2 unspecified atom stereocenters. The molecule has 2 N–H and O–H groups in total. The largest absolute Gasteiger partial charge is 0.480 e. The van der Waals surface area contributed by atoms with Crippen molar-refractivity contribution in [1.82, 2.24) is 10.4 Å². The topological polar surface area (TPSA) is 86.5 Å². The zero-order chi connectivity index (χ0) is 22.9. The molecule has 174 valence electrons. The smallest absolute Gasteiger partial charge is 0.317 e. The Kier molecular flexibility index (Phi) is 8.35. The van der Waals surface area contributed by atoms with Crippen molar-refractivity contribution in [2.75, 3.05) is 26.2 Å². The van der Waals surface area contributed by atoms with E-state index in [0.717, 1.165) is 44.3 Å². The van der Waals surface area contributed by atoms with Gasteiger partial charge in [0.2, 0.25) is 0 Å². The summed E-state index contributed by atoms with van der Waals surface area (Å²) >= 11 is 0. The summed E-state index contributed by atoms with van der Waals surface area (Å²) in [4.78, 5) is 18.6. The minimum Gasteiger partial charge on any atom is -0.480 e. The van der Waals surface area contributed by atoms with Gasteiger partial charge in [0.15, 0.2) is 0 Å². The summed E-state index contributed by atoms with van der Waals surface area (Å²) in [7, 11) is 0. The molecule has 33 heavy (non-hydrogen) atoms. The molecule has 0 spiro atoms. The van der Waals surface area contributed by atoms with E-state index < -0.39 is 5.97 Å². The van der Waals surface area contributed by atoms with Gasteiger partial charge in [-0.1, -0.05) is 66.2 Å². The van der Waals surface area contributed by atoms with E-state index in [2.05, 4.69) is 58.2 Å². The van der Waals surface area contributed by atoms with Crippen LogP contribution in [0.3, 0.4) is 0 Å². The summed E-state index contributed by atoms with van der Waals surface area (Å²) < 4.78 is 0. The molecule has 4 rings (SSSR count). The maximum absolute atomic E-state index is 10.9. The van der Waals surface area contributed by atoms with Crippen LogP contribution in [-0.2, 0) is 22.6 Å². The molecule has 2 atom stereocenters. The van der Waals surface area contributed by atoms with Gasteiger partial charge in [0.1, 0.15) is 0 Å². The summed E-state index contributed by atoms with van der Waals surface area (Å²) in [6.07, 6.45) is 5.89. The summed E-state index contributed by atoms with van der Waals surface area (Å²) in [5, 5.41) is 17.5. The molecule has 2 aromatic rings. The first-order chi connectivity index (χ1) is 16.2. The Morgan fingerprint density at radius 3 is 2.55 bits per heavy atom. The molecule has 2 aliphatic heterocycles. The molecule has 2 saturated heterocycles. The average Bonchev–Trinajstić information content (AvgIpc) is 3.29. The number of hydrogen-bond acceptors (Lipinski definition) is 6. The summed E-state index contributed by atoms with van der Waals surface area (Å²) in [5.74, 6) is -0.759. The third kappa shape index (κ3) is 7.32. The minimum atomic E-state index is -0.759. The van der Waals surface area contributed by atoms with Crippen LogP contribution in [0.1, 0.15) is 42.0 Å². The first-order valence-corrected chi connectivity index (χ1v) is 11.7. The van der Waals surface area contributed by atoms with Gasteiger partial charge in [-0.25, -0.2) is 0 Å². The van der Waals surface area contributed by atoms with Gasteiger partial charge < -0.3 is 5.11 Å². The summed E-state index contributed by atoms with van der Waals surface area (Å²) in [6, 6.07) is 19.0. The fourth-order valence-electron chi connectivity index (χ4n) is 4.30. The van der Waals surface area contributed by atoms with Crippen molar-refractivity contribution in [3.05, 3.63) is 82.9 Å². The maximum atomic E-state index is 10.9. The Balaban J connectivity index is 1.19. The van der Waals surface area contributed by atoms with Crippen LogP contribution in [0.25, 0.3) is 0 Å². The SMILES string of the molecule is O=C(O)CN1CCC(=CC2CC(c3ccc(CN=NCCc4ccccc4)cc3)NO2)CC1. The van der Waals surface area contributed by atoms with Crippen LogP contribution in [-0.4, -0.2) is 48.3 Å². The van der Waals surface area contributed by atoms with Crippen molar-refractivity contribution in [2.45, 2.75) is 44.4 Å². The number of carboxylic acids is 1. The van der Waals surface area contributed by atoms with E-state index in [9.17, 15) is 4.79 Å². The monoisotopic (exact) mass is 448 g/mol. The quantitative estimate of drug-likeness (QED) is 0.441. The zero-order valence-corrected chi connectivity index (χ0v) is 18.9. The van der Waals surface area contributed by atoms with Crippen molar-refractivity contribution in [1.29, 1.82) is 0 Å². The lowest BCUT2D eigenvalue weighted by atomic mass is 9.97. The number of likely N-dealkylation sites (tertiary alicyclic amines) is 1. The lowest BCUT2D eigenvalue weighted by molar-refractivity contribution is -0.138. The molecule has 0 bridgehead atoms. The van der Waals surface area contributed by atoms with E-state index in [-0.39, 0.29) is 18.7 Å². The Morgan fingerprint density at radius 2 is 1.82 bits per heavy atom. The highest BCUT2D eigenvalue weighted by atomic mass is 16.7. The van der Waals surface area contributed by atoms with Gasteiger partial charge in [-0.05, 0) is 36.0 Å². The average molecular weight is 449 g/mol. The van der Waals surface area contributed by atoms with Crippen LogP contribution in [0.2, 0.25) is 0 Å². The number of piperidine rings is 1. The second kappa shape index (κ2) is 11.8. The van der Waals surface area contributed by atoms with Gasteiger partial charge in [0, 0.05) is 19.5 Å². The second-order valence-electron chi connectivity index (χ2n) is 8.70. The third-order valence-electron chi connectivity index (χ3n) is 6.19. The van der Waals surface area contributed by atoms with Gasteiger partial charge in [-0.2, -0.15) is 15.7 Å². The molecular formula is C26H32N4O3. The van der Waals surface area contributed by atoms with Gasteiger partial charge in [-0.15, -0.1) is 0 Å². The van der Waals surface area contributed by atoms with Crippen LogP contribution in [0.4, 0.5) is 0 Å². The Morgan fingerprint density at radius 1 is 1.06 bits per heavy atom. The van der Waals surface area contributed by atoms with Crippen molar-refractivity contribution in [3.8, 4) is 0 Å². The molecule has 2 heterocycles. The number of benzene rings is 2. The fraction of sp³-hybridized carbons (Fsp3) is 0.423. The molecule has 0 aromatic heterocycles. The lowest BCUT2D eigenvalue weighted by Crippen LogP contribution is -2.35. The van der Waals surface area contributed by atoms with E-state index in [4.69, 9.17) is 9.94 Å². The van der Waals surface area contributed by atoms with E-state index in [1.165, 1.54) is 16.7 Å². The molecular weight excluding hydrogens is 416 g/mol. The van der Waals surface area contributed by atoms with E-state index in [0.29, 0.717) is 13.1 Å². The van der Waals surface area contributed by atoms with Gasteiger partial charge >= 0.3 is 5.97 Å². The van der Waals surface area contributed by atoms with Crippen molar-refractivity contribution >= 4 is 5.97 Å². The molecule has 2 fully saturated rings. The second-order valence-corrected chi connectivity index (χ2v) is 8.70. The number of carbonyl (C=O) groups is 1. The zero-order valence-electron chi connectivity index (χ0n) is 18.9. The highest BCUT2D eigenvalue weighted by Gasteiger charge is 2.26. The highest BCUT2D eigenvalue weighted by molar-refractivity contribution is 5.69. The highest BCUT2D eigenvalue weighted by Crippen LogP contribution is 2.28. The van der Waals surface area contributed by atoms with E-state index in [1.807, 2.05) is 23.1 Å². The van der Waals surface area contributed by atoms with Gasteiger partial charge in [0.25, 0.3) is 0 Å². The van der Waals surface area contributed by atoms with Crippen molar-refractivity contribution < 1.29 is 14.7 Å². The molecule has 2 aromatic carbocycles. The van der Waals surface area contributed by atoms with Crippen LogP contribution < -0.4 is 5.48 Å². The number of hydroxylamine groups is 1. The van der Waals surface area contributed by atoms with Gasteiger partial charge in [-0.3, -0.25) is 14.5 Å². The van der Waals surface area contributed by atoms with Crippen molar-refractivity contribution in [3.63, 3.8) is 0 Å². The number of azo groups is 1. The lowest BCUT2D eigenvalue weighted by Gasteiger charge is -2.27. The number of hydrogen-bond donors (Lipinski definition) is 2. The van der Waals surface area contributed by atoms with Crippen LogP contribution >= 0.6 is 0 Å². The molecule has 7 nitrogen and oxygen atoms in total. The molecule has 7 heteroatoms. The molecule has 0 aliphatic carbocycles. The maximum Gasteiger partial charge on any atom is 0.317 e. The first kappa shape index (κ1) is 23.3. The van der Waals surface area contributed by atoms with E-state index >= 15 is 0 Å². The molecule has 0 saturated carbocycles. The molecule has 0 amide bonds. The number of rotatable bonds is 9. The van der Waals surface area contributed by atoms with Crippen LogP contribution in [0.5, 0.6) is 0 Å². The number of aliphatic carboxylic acids is 1. The summed E-state index contributed by atoms with van der Waals surface area (Å²) in [6.45, 7) is 3.03. The normalized spacial score (nSPS) is 21.5. The van der Waals surface area contributed by atoms with Gasteiger partial charge in [0.05, 0.1) is 31.8 Å². The number of nitrogens with zero attached hydrogens (tertiary/aromatic N) is 3. The molecule has 2 aliphatic rings.